The fourth-order valence-corrected chi connectivity index (χ4v) is 3.36. The van der Waals surface area contributed by atoms with Gasteiger partial charge in [-0.2, -0.15) is 0 Å². The van der Waals surface area contributed by atoms with E-state index in [1.807, 2.05) is 12.1 Å². The predicted molar refractivity (Wildman–Crippen MR) is 112 cm³/mol. The molecule has 0 radical (unpaired) electrons. The van der Waals surface area contributed by atoms with Gasteiger partial charge in [-0.05, 0) is 33.4 Å². The van der Waals surface area contributed by atoms with Crippen LogP contribution in [0, 0.1) is 0 Å². The summed E-state index contributed by atoms with van der Waals surface area (Å²) in [6.45, 7) is 1.18. The van der Waals surface area contributed by atoms with Crippen LogP contribution in [0.2, 0.25) is 0 Å². The van der Waals surface area contributed by atoms with Gasteiger partial charge in [-0.15, -0.1) is 0 Å². The average Bonchev–Trinajstić information content (AvgIpc) is 2.76. The third-order valence-corrected chi connectivity index (χ3v) is 4.72. The van der Waals surface area contributed by atoms with Crippen LogP contribution in [0.25, 0.3) is 22.3 Å². The summed E-state index contributed by atoms with van der Waals surface area (Å²) >= 11 is 0. The molecule has 0 heterocycles. The molecule has 0 atom stereocenters. The summed E-state index contributed by atoms with van der Waals surface area (Å²) in [5, 5.41) is 0. The summed E-state index contributed by atoms with van der Waals surface area (Å²) in [4.78, 5) is 0. The third-order valence-electron chi connectivity index (χ3n) is 4.72. The van der Waals surface area contributed by atoms with Crippen molar-refractivity contribution in [3.63, 3.8) is 0 Å². The second-order valence-corrected chi connectivity index (χ2v) is 6.54. The molecule has 0 amide bonds. The lowest BCUT2D eigenvalue weighted by Gasteiger charge is -2.13. The van der Waals surface area contributed by atoms with Crippen molar-refractivity contribution in [2.24, 2.45) is 0 Å². The Bertz CT molecular complexity index is 908. The second kappa shape index (κ2) is 8.48. The zero-order valence-corrected chi connectivity index (χ0v) is 15.2. The van der Waals surface area contributed by atoms with Gasteiger partial charge in [0.05, 0.1) is 13.2 Å². The first-order chi connectivity index (χ1) is 13.4. The van der Waals surface area contributed by atoms with Crippen LogP contribution in [0.1, 0.15) is 11.1 Å². The van der Waals surface area contributed by atoms with Crippen LogP contribution in [0.4, 0.5) is 0 Å². The van der Waals surface area contributed by atoms with Crippen LogP contribution in [0.3, 0.4) is 0 Å². The van der Waals surface area contributed by atoms with Gasteiger partial charge in [-0.25, -0.2) is 0 Å². The Morgan fingerprint density at radius 3 is 1.22 bits per heavy atom. The molecular formula is C26H22O. The molecule has 27 heavy (non-hydrogen) atoms. The first-order valence-corrected chi connectivity index (χ1v) is 9.26. The van der Waals surface area contributed by atoms with Crippen LogP contribution in [0.15, 0.2) is 109 Å². The number of ether oxygens (including phenoxy) is 1. The van der Waals surface area contributed by atoms with Gasteiger partial charge in [-0.1, -0.05) is 109 Å². The summed E-state index contributed by atoms with van der Waals surface area (Å²) in [6, 6.07) is 37.9. The van der Waals surface area contributed by atoms with Crippen molar-refractivity contribution >= 4 is 0 Å². The molecule has 0 bridgehead atoms. The molecule has 0 saturated carbocycles. The minimum absolute atomic E-state index is 0.591. The molecule has 0 spiro atoms. The van der Waals surface area contributed by atoms with E-state index >= 15 is 0 Å². The van der Waals surface area contributed by atoms with E-state index in [2.05, 4.69) is 97.1 Å². The first-order valence-electron chi connectivity index (χ1n) is 9.26. The molecule has 0 unspecified atom stereocenters. The van der Waals surface area contributed by atoms with Gasteiger partial charge in [0, 0.05) is 0 Å². The maximum atomic E-state index is 6.13. The highest BCUT2D eigenvalue weighted by molar-refractivity contribution is 5.68. The molecule has 0 aliphatic heterocycles. The van der Waals surface area contributed by atoms with E-state index in [9.17, 15) is 0 Å². The Morgan fingerprint density at radius 2 is 0.778 bits per heavy atom. The van der Waals surface area contributed by atoms with Crippen molar-refractivity contribution in [1.29, 1.82) is 0 Å². The Labute approximate surface area is 160 Å². The van der Waals surface area contributed by atoms with Crippen LogP contribution < -0.4 is 0 Å². The Morgan fingerprint density at radius 1 is 0.407 bits per heavy atom. The normalized spacial score (nSPS) is 10.7. The number of hydrogen-bond acceptors (Lipinski definition) is 1. The van der Waals surface area contributed by atoms with E-state index in [0.29, 0.717) is 13.2 Å². The van der Waals surface area contributed by atoms with Gasteiger partial charge in [0.15, 0.2) is 0 Å². The van der Waals surface area contributed by atoms with E-state index < -0.39 is 0 Å². The molecule has 0 aliphatic rings. The monoisotopic (exact) mass is 350 g/mol. The lowest BCUT2D eigenvalue weighted by molar-refractivity contribution is 0.108. The fourth-order valence-electron chi connectivity index (χ4n) is 3.36. The van der Waals surface area contributed by atoms with E-state index in [1.165, 1.54) is 33.4 Å². The highest BCUT2D eigenvalue weighted by Gasteiger charge is 2.07. The van der Waals surface area contributed by atoms with Crippen molar-refractivity contribution in [1.82, 2.24) is 0 Å². The molecular weight excluding hydrogens is 328 g/mol. The molecule has 4 aromatic rings. The first kappa shape index (κ1) is 17.3. The van der Waals surface area contributed by atoms with Crippen molar-refractivity contribution in [3.8, 4) is 22.3 Å². The summed E-state index contributed by atoms with van der Waals surface area (Å²) in [6.07, 6.45) is 0. The van der Waals surface area contributed by atoms with Crippen molar-refractivity contribution in [3.05, 3.63) is 120 Å². The zero-order chi connectivity index (χ0) is 18.3. The number of hydrogen-bond donors (Lipinski definition) is 0. The van der Waals surface area contributed by atoms with Gasteiger partial charge in [0.2, 0.25) is 0 Å². The summed E-state index contributed by atoms with van der Waals surface area (Å²) in [7, 11) is 0. The van der Waals surface area contributed by atoms with E-state index in [1.54, 1.807) is 0 Å². The molecule has 0 aliphatic carbocycles. The van der Waals surface area contributed by atoms with Crippen LogP contribution >= 0.6 is 0 Å². The van der Waals surface area contributed by atoms with Crippen LogP contribution in [0.5, 0.6) is 0 Å². The highest BCUT2D eigenvalue weighted by atomic mass is 16.5. The zero-order valence-electron chi connectivity index (χ0n) is 15.2. The fraction of sp³-hybridized carbons (Fsp3) is 0.0769. The molecule has 1 heteroatoms. The number of benzene rings is 4. The van der Waals surface area contributed by atoms with E-state index in [0.717, 1.165) is 0 Å². The molecule has 0 aromatic heterocycles. The highest BCUT2D eigenvalue weighted by Crippen LogP contribution is 2.26. The SMILES string of the molecule is c1ccc(-c2ccccc2COCc2ccccc2-c2ccccc2)cc1. The van der Waals surface area contributed by atoms with Crippen LogP contribution in [-0.4, -0.2) is 0 Å². The quantitative estimate of drug-likeness (QED) is 0.374. The van der Waals surface area contributed by atoms with E-state index in [-0.39, 0.29) is 0 Å². The smallest absolute Gasteiger partial charge is 0.0727 e. The van der Waals surface area contributed by atoms with Crippen molar-refractivity contribution in [2.75, 3.05) is 0 Å². The lowest BCUT2D eigenvalue weighted by atomic mass is 9.99. The minimum atomic E-state index is 0.591. The van der Waals surface area contributed by atoms with Crippen molar-refractivity contribution in [2.45, 2.75) is 13.2 Å². The Hall–Kier alpha value is -3.16. The molecule has 0 N–H and O–H groups in total. The summed E-state index contributed by atoms with van der Waals surface area (Å²) < 4.78 is 6.13. The van der Waals surface area contributed by atoms with Crippen molar-refractivity contribution < 1.29 is 4.74 Å². The maximum Gasteiger partial charge on any atom is 0.0727 e. The van der Waals surface area contributed by atoms with Gasteiger partial charge >= 0.3 is 0 Å². The maximum absolute atomic E-state index is 6.13. The molecule has 1 nitrogen and oxygen atoms in total. The standard InChI is InChI=1S/C26H22O/c1-3-11-21(12-4-1)25-17-9-7-15-23(25)19-27-20-24-16-8-10-18-26(24)22-13-5-2-6-14-22/h1-18H,19-20H2. The predicted octanol–water partition coefficient (Wildman–Crippen LogP) is 6.74. The largest absolute Gasteiger partial charge is 0.372 e. The lowest BCUT2D eigenvalue weighted by Crippen LogP contribution is -1.98. The summed E-state index contributed by atoms with van der Waals surface area (Å²) in [5.74, 6) is 0. The number of rotatable bonds is 6. The van der Waals surface area contributed by atoms with Gasteiger partial charge in [0.25, 0.3) is 0 Å². The molecule has 0 fully saturated rings. The molecule has 4 aromatic carbocycles. The molecule has 132 valence electrons. The van der Waals surface area contributed by atoms with E-state index in [4.69, 9.17) is 4.74 Å². The molecule has 0 saturated heterocycles. The van der Waals surface area contributed by atoms with Gasteiger partial charge in [0.1, 0.15) is 0 Å². The Balaban J connectivity index is 1.51. The minimum Gasteiger partial charge on any atom is -0.372 e. The third kappa shape index (κ3) is 4.16. The topological polar surface area (TPSA) is 9.23 Å². The Kier molecular flexibility index (Phi) is 5.42. The summed E-state index contributed by atoms with van der Waals surface area (Å²) in [5.41, 5.74) is 7.33. The molecule has 4 rings (SSSR count). The van der Waals surface area contributed by atoms with Gasteiger partial charge in [-0.3, -0.25) is 0 Å². The second-order valence-electron chi connectivity index (χ2n) is 6.54. The average molecular weight is 350 g/mol. The van der Waals surface area contributed by atoms with Gasteiger partial charge < -0.3 is 4.74 Å². The van der Waals surface area contributed by atoms with Crippen LogP contribution in [-0.2, 0) is 18.0 Å².